The highest BCUT2D eigenvalue weighted by atomic mass is 32.2. The van der Waals surface area contributed by atoms with E-state index in [0.717, 1.165) is 0 Å². The summed E-state index contributed by atoms with van der Waals surface area (Å²) in [6, 6.07) is 6.85. The molecule has 130 valence electrons. The van der Waals surface area contributed by atoms with E-state index in [1.54, 1.807) is 12.1 Å². The summed E-state index contributed by atoms with van der Waals surface area (Å²) >= 11 is 0. The number of sulfonamides is 1. The minimum absolute atomic E-state index is 0.0411. The van der Waals surface area contributed by atoms with Gasteiger partial charge in [0.2, 0.25) is 10.0 Å². The van der Waals surface area contributed by atoms with Crippen molar-refractivity contribution in [2.75, 3.05) is 20.2 Å². The number of carbonyl (C=O) groups is 1. The SMILES string of the molecule is COC(=O)c1ccccc1S(=O)(=O)NCC[NH+](C(C)C)C(C)C. The second-order valence-corrected chi connectivity index (χ2v) is 7.76. The zero-order valence-corrected chi connectivity index (χ0v) is 15.2. The van der Waals surface area contributed by atoms with Gasteiger partial charge in [-0.1, -0.05) is 12.1 Å². The molecule has 1 aromatic carbocycles. The number of methoxy groups -OCH3 is 1. The average molecular weight is 343 g/mol. The topological polar surface area (TPSA) is 76.9 Å². The Morgan fingerprint density at radius 2 is 1.74 bits per heavy atom. The summed E-state index contributed by atoms with van der Waals surface area (Å²) in [5, 5.41) is 0. The van der Waals surface area contributed by atoms with Gasteiger partial charge in [-0.15, -0.1) is 0 Å². The lowest BCUT2D eigenvalue weighted by molar-refractivity contribution is -0.941. The highest BCUT2D eigenvalue weighted by Crippen LogP contribution is 2.15. The van der Waals surface area contributed by atoms with Crippen LogP contribution in [0.5, 0.6) is 0 Å². The number of benzene rings is 1. The number of quaternary nitrogens is 1. The lowest BCUT2D eigenvalue weighted by Gasteiger charge is -2.27. The zero-order chi connectivity index (χ0) is 17.6. The van der Waals surface area contributed by atoms with Crippen molar-refractivity contribution in [3.05, 3.63) is 29.8 Å². The van der Waals surface area contributed by atoms with E-state index in [9.17, 15) is 13.2 Å². The van der Waals surface area contributed by atoms with E-state index >= 15 is 0 Å². The molecule has 2 N–H and O–H groups in total. The normalized spacial score (nSPS) is 12.2. The Morgan fingerprint density at radius 3 is 2.26 bits per heavy atom. The molecule has 0 amide bonds. The summed E-state index contributed by atoms with van der Waals surface area (Å²) in [7, 11) is -2.53. The molecule has 0 aliphatic rings. The van der Waals surface area contributed by atoms with Crippen molar-refractivity contribution < 1.29 is 22.8 Å². The molecule has 23 heavy (non-hydrogen) atoms. The zero-order valence-electron chi connectivity index (χ0n) is 14.4. The predicted octanol–water partition coefficient (Wildman–Crippen LogP) is 0.453. The molecular weight excluding hydrogens is 316 g/mol. The summed E-state index contributed by atoms with van der Waals surface area (Å²) < 4.78 is 32.2. The smallest absolute Gasteiger partial charge is 0.339 e. The summed E-state index contributed by atoms with van der Waals surface area (Å²) in [6.07, 6.45) is 0. The molecule has 0 heterocycles. The van der Waals surface area contributed by atoms with E-state index < -0.39 is 16.0 Å². The fourth-order valence-electron chi connectivity index (χ4n) is 2.63. The molecular formula is C16H27N2O4S+. The molecule has 0 radical (unpaired) electrons. The summed E-state index contributed by atoms with van der Waals surface area (Å²) in [5.41, 5.74) is 0.0411. The monoisotopic (exact) mass is 343 g/mol. The van der Waals surface area contributed by atoms with Crippen molar-refractivity contribution in [2.24, 2.45) is 0 Å². The van der Waals surface area contributed by atoms with Crippen molar-refractivity contribution in [1.82, 2.24) is 4.72 Å². The first-order valence-electron chi connectivity index (χ1n) is 7.73. The van der Waals surface area contributed by atoms with Crippen molar-refractivity contribution in [3.8, 4) is 0 Å². The third-order valence-electron chi connectivity index (χ3n) is 3.77. The van der Waals surface area contributed by atoms with Gasteiger partial charge in [-0.3, -0.25) is 0 Å². The van der Waals surface area contributed by atoms with Crippen LogP contribution >= 0.6 is 0 Å². The molecule has 0 fully saturated rings. The van der Waals surface area contributed by atoms with E-state index in [1.807, 2.05) is 0 Å². The minimum atomic E-state index is -3.76. The fourth-order valence-corrected chi connectivity index (χ4v) is 3.86. The highest BCUT2D eigenvalue weighted by Gasteiger charge is 2.23. The summed E-state index contributed by atoms with van der Waals surface area (Å²) in [5.74, 6) is -0.664. The van der Waals surface area contributed by atoms with E-state index in [1.165, 1.54) is 24.1 Å². The van der Waals surface area contributed by atoms with E-state index in [-0.39, 0.29) is 10.5 Å². The maximum atomic E-state index is 12.5. The first kappa shape index (κ1) is 19.6. The van der Waals surface area contributed by atoms with Crippen molar-refractivity contribution in [3.63, 3.8) is 0 Å². The Bertz CT molecular complexity index is 619. The number of carbonyl (C=O) groups excluding carboxylic acids is 1. The van der Waals surface area contributed by atoms with Crippen molar-refractivity contribution in [1.29, 1.82) is 0 Å². The second kappa shape index (κ2) is 8.42. The lowest BCUT2D eigenvalue weighted by atomic mass is 10.2. The van der Waals surface area contributed by atoms with Gasteiger partial charge in [0, 0.05) is 0 Å². The largest absolute Gasteiger partial charge is 0.465 e. The van der Waals surface area contributed by atoms with Gasteiger partial charge in [0.1, 0.15) is 0 Å². The van der Waals surface area contributed by atoms with Gasteiger partial charge in [0.15, 0.2) is 0 Å². The van der Waals surface area contributed by atoms with Gasteiger partial charge < -0.3 is 9.64 Å². The Labute approximate surface area is 138 Å². The second-order valence-electron chi connectivity index (χ2n) is 6.02. The summed E-state index contributed by atoms with van der Waals surface area (Å²) in [6.45, 7) is 9.41. The first-order chi connectivity index (χ1) is 10.7. The van der Waals surface area contributed by atoms with Crippen LogP contribution in [0.1, 0.15) is 38.1 Å². The molecule has 0 spiro atoms. The Hall–Kier alpha value is -1.44. The fraction of sp³-hybridized carbons (Fsp3) is 0.562. The molecule has 0 unspecified atom stereocenters. The van der Waals surface area contributed by atoms with Crippen LogP contribution in [-0.4, -0.2) is 46.7 Å². The van der Waals surface area contributed by atoms with Crippen molar-refractivity contribution in [2.45, 2.75) is 44.7 Å². The van der Waals surface area contributed by atoms with Crippen LogP contribution < -0.4 is 9.62 Å². The molecule has 0 atom stereocenters. The van der Waals surface area contributed by atoms with Gasteiger partial charge in [-0.25, -0.2) is 17.9 Å². The highest BCUT2D eigenvalue weighted by molar-refractivity contribution is 7.89. The molecule has 0 saturated heterocycles. The standard InChI is InChI=1S/C16H26N2O4S/c1-12(2)18(13(3)4)11-10-17-23(20,21)15-9-7-6-8-14(15)16(19)22-5/h6-9,12-13,17H,10-11H2,1-5H3/p+1. The van der Waals surface area contributed by atoms with Crippen LogP contribution in [-0.2, 0) is 14.8 Å². The number of nitrogens with one attached hydrogen (secondary N) is 2. The van der Waals surface area contributed by atoms with Gasteiger partial charge >= 0.3 is 5.97 Å². The van der Waals surface area contributed by atoms with Gasteiger partial charge in [0.05, 0.1) is 42.7 Å². The van der Waals surface area contributed by atoms with Gasteiger partial charge in [-0.05, 0) is 39.8 Å². The Morgan fingerprint density at radius 1 is 1.17 bits per heavy atom. The van der Waals surface area contributed by atoms with Gasteiger partial charge in [0.25, 0.3) is 0 Å². The average Bonchev–Trinajstić information content (AvgIpc) is 2.50. The lowest BCUT2D eigenvalue weighted by Crippen LogP contribution is -3.18. The number of esters is 1. The maximum Gasteiger partial charge on any atom is 0.339 e. The number of ether oxygens (including phenoxy) is 1. The van der Waals surface area contributed by atoms with E-state index in [4.69, 9.17) is 0 Å². The van der Waals surface area contributed by atoms with Crippen LogP contribution in [0.4, 0.5) is 0 Å². The third-order valence-corrected chi connectivity index (χ3v) is 5.29. The van der Waals surface area contributed by atoms with E-state index in [0.29, 0.717) is 25.2 Å². The Balaban J connectivity index is 2.87. The molecule has 7 heteroatoms. The molecule has 1 rings (SSSR count). The Kier molecular flexibility index (Phi) is 7.18. The molecule has 0 saturated carbocycles. The third kappa shape index (κ3) is 5.30. The molecule has 6 nitrogen and oxygen atoms in total. The first-order valence-corrected chi connectivity index (χ1v) is 9.21. The van der Waals surface area contributed by atoms with Crippen LogP contribution in [0.25, 0.3) is 0 Å². The number of hydrogen-bond donors (Lipinski definition) is 2. The molecule has 0 bridgehead atoms. The maximum absolute atomic E-state index is 12.5. The summed E-state index contributed by atoms with van der Waals surface area (Å²) in [4.78, 5) is 13.0. The van der Waals surface area contributed by atoms with Crippen LogP contribution in [0.3, 0.4) is 0 Å². The van der Waals surface area contributed by atoms with Crippen LogP contribution in [0, 0.1) is 0 Å². The minimum Gasteiger partial charge on any atom is -0.465 e. The molecule has 0 aliphatic heterocycles. The molecule has 1 aromatic rings. The van der Waals surface area contributed by atoms with Crippen LogP contribution in [0.2, 0.25) is 0 Å². The quantitative estimate of drug-likeness (QED) is 0.672. The van der Waals surface area contributed by atoms with Crippen molar-refractivity contribution >= 4 is 16.0 Å². The predicted molar refractivity (Wildman–Crippen MR) is 89.1 cm³/mol. The number of hydrogen-bond acceptors (Lipinski definition) is 4. The van der Waals surface area contributed by atoms with Gasteiger partial charge in [-0.2, -0.15) is 0 Å². The number of rotatable bonds is 8. The van der Waals surface area contributed by atoms with E-state index in [2.05, 4.69) is 37.2 Å². The molecule has 0 aliphatic carbocycles. The molecule has 0 aromatic heterocycles. The van der Waals surface area contributed by atoms with Crippen LogP contribution in [0.15, 0.2) is 29.2 Å².